The molecule has 1 N–H and O–H groups in total. The molecule has 0 spiro atoms. The summed E-state index contributed by atoms with van der Waals surface area (Å²) in [6.07, 6.45) is -2.11. The number of alkyl halides is 3. The van der Waals surface area contributed by atoms with Crippen molar-refractivity contribution in [1.29, 1.82) is 0 Å². The molecule has 1 aliphatic rings. The van der Waals surface area contributed by atoms with Crippen LogP contribution in [0.4, 0.5) is 13.2 Å². The van der Waals surface area contributed by atoms with E-state index < -0.39 is 17.7 Å². The second-order valence-corrected chi connectivity index (χ2v) is 9.04. The Bertz CT molecular complexity index is 1030. The van der Waals surface area contributed by atoms with Gasteiger partial charge in [-0.1, -0.05) is 12.1 Å². The number of carboxylic acid groups (broad SMARTS) is 1. The molecule has 0 amide bonds. The molecule has 9 heteroatoms. The van der Waals surface area contributed by atoms with Crippen LogP contribution in [0.3, 0.4) is 0 Å². The summed E-state index contributed by atoms with van der Waals surface area (Å²) in [5, 5.41) is 9.00. The highest BCUT2D eigenvalue weighted by atomic mass is 32.2. The lowest BCUT2D eigenvalue weighted by Crippen LogP contribution is -2.23. The Morgan fingerprint density at radius 3 is 2.66 bits per heavy atom. The largest absolute Gasteiger partial charge is 0.493 e. The highest BCUT2D eigenvalue weighted by molar-refractivity contribution is 8.00. The van der Waals surface area contributed by atoms with Gasteiger partial charge in [-0.25, -0.2) is 0 Å². The van der Waals surface area contributed by atoms with Crippen LogP contribution < -0.4 is 4.74 Å². The predicted molar refractivity (Wildman–Crippen MR) is 123 cm³/mol. The summed E-state index contributed by atoms with van der Waals surface area (Å²) in [6, 6.07) is 10.7. The van der Waals surface area contributed by atoms with Gasteiger partial charge in [0.15, 0.2) is 0 Å². The number of fused-ring (bicyclic) bond motifs is 1. The maximum atomic E-state index is 12.6. The van der Waals surface area contributed by atoms with Crippen LogP contribution in [0.25, 0.3) is 0 Å². The summed E-state index contributed by atoms with van der Waals surface area (Å²) in [4.78, 5) is 17.0. The summed E-state index contributed by atoms with van der Waals surface area (Å²) < 4.78 is 43.6. The number of hydrogen-bond acceptors (Lipinski definition) is 5. The lowest BCUT2D eigenvalue weighted by Gasteiger charge is -2.24. The number of nitrogens with zero attached hydrogens (tertiary/aromatic N) is 1. The Balaban J connectivity index is 1.60. The minimum absolute atomic E-state index is 0.0395. The molecule has 2 aromatic carbocycles. The molecule has 0 saturated carbocycles. The average molecular weight is 482 g/mol. The molecule has 1 heterocycles. The number of benzene rings is 2. The Morgan fingerprint density at radius 1 is 1.28 bits per heavy atom. The molecule has 1 unspecified atom stereocenters. The second kappa shape index (κ2) is 10.5. The van der Waals surface area contributed by atoms with E-state index in [0.29, 0.717) is 30.0 Å². The number of aliphatic imine (C=N–C) groups is 1. The van der Waals surface area contributed by atoms with Crippen LogP contribution in [-0.2, 0) is 17.4 Å². The van der Waals surface area contributed by atoms with Crippen LogP contribution >= 0.6 is 24.4 Å². The smallest absolute Gasteiger partial charge is 0.416 e. The Kier molecular flexibility index (Phi) is 7.95. The molecule has 3 rings (SSSR count). The zero-order chi connectivity index (χ0) is 23.3. The van der Waals surface area contributed by atoms with Gasteiger partial charge in [-0.3, -0.25) is 9.79 Å². The number of allylic oxidation sites excluding steroid dienone is 1. The minimum Gasteiger partial charge on any atom is -0.493 e. The summed E-state index contributed by atoms with van der Waals surface area (Å²) in [5.74, 6) is 0.486. The molecular formula is C23H22F3NO3S2. The topological polar surface area (TPSA) is 58.9 Å². The number of carbonyl (C=O) groups is 1. The molecule has 4 nitrogen and oxygen atoms in total. The summed E-state index contributed by atoms with van der Waals surface area (Å²) >= 11 is 6.08. The van der Waals surface area contributed by atoms with Crippen molar-refractivity contribution in [3.63, 3.8) is 0 Å². The molecule has 0 bridgehead atoms. The molecule has 0 aromatic heterocycles. The lowest BCUT2D eigenvalue weighted by molar-refractivity contribution is -0.139. The van der Waals surface area contributed by atoms with Gasteiger partial charge in [-0.15, -0.1) is 24.4 Å². The molecule has 1 aliphatic heterocycles. The molecule has 170 valence electrons. The molecule has 0 radical (unpaired) electrons. The van der Waals surface area contributed by atoms with Crippen LogP contribution in [0.5, 0.6) is 5.75 Å². The number of ether oxygens (including phenoxy) is 1. The van der Waals surface area contributed by atoms with Crippen LogP contribution in [0, 0.1) is 5.92 Å². The van der Waals surface area contributed by atoms with Crippen molar-refractivity contribution in [2.75, 3.05) is 12.4 Å². The molecule has 0 fully saturated rings. The van der Waals surface area contributed by atoms with Crippen molar-refractivity contribution in [1.82, 2.24) is 0 Å². The van der Waals surface area contributed by atoms with E-state index >= 15 is 0 Å². The average Bonchev–Trinajstić information content (AvgIpc) is 2.74. The van der Waals surface area contributed by atoms with Gasteiger partial charge in [-0.05, 0) is 54.8 Å². The van der Waals surface area contributed by atoms with E-state index in [2.05, 4.69) is 17.6 Å². The number of hydrogen-bond donors (Lipinski definition) is 2. The molecule has 1 atom stereocenters. The summed E-state index contributed by atoms with van der Waals surface area (Å²) in [6.45, 7) is 2.20. The SMILES string of the molecule is C/C(N=Cc1ccc(C(F)(F)F)cc1)=C(/S)CSc1ccc2c(c1)CC(CC(=O)O)CO2. The Hall–Kier alpha value is -2.39. The fraction of sp³-hybridized carbons (Fsp3) is 0.304. The monoisotopic (exact) mass is 481 g/mol. The van der Waals surface area contributed by atoms with E-state index in [1.807, 2.05) is 18.2 Å². The second-order valence-electron chi connectivity index (χ2n) is 7.45. The third-order valence-corrected chi connectivity index (χ3v) is 6.63. The van der Waals surface area contributed by atoms with Crippen molar-refractivity contribution in [3.05, 3.63) is 69.8 Å². The van der Waals surface area contributed by atoms with Crippen molar-refractivity contribution in [2.45, 2.75) is 30.8 Å². The third kappa shape index (κ3) is 6.80. The van der Waals surface area contributed by atoms with E-state index in [4.69, 9.17) is 9.84 Å². The first kappa shape index (κ1) is 24.3. The van der Waals surface area contributed by atoms with Gasteiger partial charge in [0.25, 0.3) is 0 Å². The summed E-state index contributed by atoms with van der Waals surface area (Å²) in [5.41, 5.74) is 1.53. The number of rotatable bonds is 7. The third-order valence-electron chi connectivity index (χ3n) is 4.92. The van der Waals surface area contributed by atoms with Gasteiger partial charge in [0.05, 0.1) is 18.6 Å². The first-order chi connectivity index (χ1) is 15.1. The normalized spacial score (nSPS) is 17.0. The van der Waals surface area contributed by atoms with Gasteiger partial charge in [-0.2, -0.15) is 13.2 Å². The van der Waals surface area contributed by atoms with Gasteiger partial charge in [0.1, 0.15) is 5.75 Å². The van der Waals surface area contributed by atoms with E-state index in [-0.39, 0.29) is 12.3 Å². The number of thioether (sulfide) groups is 1. The molecule has 0 aliphatic carbocycles. The first-order valence-corrected chi connectivity index (χ1v) is 11.3. The van der Waals surface area contributed by atoms with Gasteiger partial charge < -0.3 is 9.84 Å². The quantitative estimate of drug-likeness (QED) is 0.285. The van der Waals surface area contributed by atoms with Crippen LogP contribution in [0.2, 0.25) is 0 Å². The Morgan fingerprint density at radius 2 is 2.00 bits per heavy atom. The van der Waals surface area contributed by atoms with Crippen LogP contribution in [0.1, 0.15) is 30.0 Å². The molecule has 0 saturated heterocycles. The summed E-state index contributed by atoms with van der Waals surface area (Å²) in [7, 11) is 0. The van der Waals surface area contributed by atoms with Crippen molar-refractivity contribution < 1.29 is 27.8 Å². The van der Waals surface area contributed by atoms with Crippen molar-refractivity contribution in [3.8, 4) is 5.75 Å². The van der Waals surface area contributed by atoms with Crippen LogP contribution in [0.15, 0.2) is 63.0 Å². The molecular weight excluding hydrogens is 459 g/mol. The van der Waals surface area contributed by atoms with Gasteiger partial charge >= 0.3 is 12.1 Å². The number of halogens is 3. The zero-order valence-electron chi connectivity index (χ0n) is 17.2. The fourth-order valence-electron chi connectivity index (χ4n) is 3.16. The highest BCUT2D eigenvalue weighted by Crippen LogP contribution is 2.33. The van der Waals surface area contributed by atoms with Gasteiger partial charge in [0, 0.05) is 33.4 Å². The van der Waals surface area contributed by atoms with Crippen molar-refractivity contribution >= 4 is 36.6 Å². The molecule has 32 heavy (non-hydrogen) atoms. The van der Waals surface area contributed by atoms with Crippen LogP contribution in [-0.4, -0.2) is 29.7 Å². The van der Waals surface area contributed by atoms with E-state index in [0.717, 1.165) is 33.2 Å². The minimum atomic E-state index is -4.36. The maximum absolute atomic E-state index is 12.6. The van der Waals surface area contributed by atoms with Gasteiger partial charge in [0.2, 0.25) is 0 Å². The highest BCUT2D eigenvalue weighted by Gasteiger charge is 2.29. The zero-order valence-corrected chi connectivity index (χ0v) is 18.9. The first-order valence-electron chi connectivity index (χ1n) is 9.82. The Labute approximate surface area is 194 Å². The number of aliphatic carboxylic acids is 1. The number of carboxylic acids is 1. The molecule has 2 aromatic rings. The lowest BCUT2D eigenvalue weighted by atomic mass is 9.94. The fourth-order valence-corrected chi connectivity index (χ4v) is 4.32. The maximum Gasteiger partial charge on any atom is 0.416 e. The number of thiol groups is 1. The van der Waals surface area contributed by atoms with E-state index in [9.17, 15) is 18.0 Å². The predicted octanol–water partition coefficient (Wildman–Crippen LogP) is 6.10. The standard InChI is InChI=1S/C23H22F3NO3S2/c1-14(27-11-15-2-4-18(5-3-15)23(24,25)26)21(31)13-32-19-6-7-20-17(10-19)8-16(12-30-20)9-22(28)29/h2-7,10-11,16,31H,8-9,12-13H2,1H3,(H,28,29)/b21-14-,27-11?. The van der Waals surface area contributed by atoms with E-state index in [1.54, 1.807) is 18.7 Å². The van der Waals surface area contributed by atoms with E-state index in [1.165, 1.54) is 18.3 Å². The van der Waals surface area contributed by atoms with Crippen molar-refractivity contribution in [2.24, 2.45) is 10.9 Å².